The van der Waals surface area contributed by atoms with E-state index in [0.717, 1.165) is 39.0 Å². The Morgan fingerprint density at radius 1 is 1.25 bits per heavy atom. The molecule has 2 aliphatic rings. The Kier molecular flexibility index (Phi) is 4.99. The fourth-order valence-electron chi connectivity index (χ4n) is 3.01. The number of nitrogens with zero attached hydrogens (tertiary/aromatic N) is 2. The van der Waals surface area contributed by atoms with Gasteiger partial charge in [-0.3, -0.25) is 14.5 Å². The molecule has 0 aromatic carbocycles. The molecule has 1 unspecified atom stereocenters. The summed E-state index contributed by atoms with van der Waals surface area (Å²) in [5, 5.41) is 6.04. The first-order valence-corrected chi connectivity index (χ1v) is 7.48. The quantitative estimate of drug-likeness (QED) is 0.716. The maximum Gasteiger partial charge on any atom is 0.236 e. The molecule has 6 nitrogen and oxygen atoms in total. The number of hydrogen-bond donors (Lipinski definition) is 2. The number of amides is 2. The van der Waals surface area contributed by atoms with Gasteiger partial charge < -0.3 is 15.5 Å². The molecule has 1 atom stereocenters. The van der Waals surface area contributed by atoms with Crippen LogP contribution in [0.2, 0.25) is 0 Å². The van der Waals surface area contributed by atoms with Crippen molar-refractivity contribution in [3.05, 3.63) is 0 Å². The molecule has 6 heteroatoms. The summed E-state index contributed by atoms with van der Waals surface area (Å²) < 4.78 is 0. The van der Waals surface area contributed by atoms with Crippen molar-refractivity contribution in [2.45, 2.75) is 19.8 Å². The maximum absolute atomic E-state index is 12.4. The zero-order valence-electron chi connectivity index (χ0n) is 12.6. The average molecular weight is 282 g/mol. The molecular weight excluding hydrogens is 256 g/mol. The van der Waals surface area contributed by atoms with Crippen LogP contribution in [0.4, 0.5) is 0 Å². The molecule has 0 spiro atoms. The molecule has 0 aromatic rings. The average Bonchev–Trinajstić information content (AvgIpc) is 2.68. The predicted octanol–water partition coefficient (Wildman–Crippen LogP) is -0.734. The number of carbonyl (C=O) groups excluding carboxylic acids is 2. The molecule has 0 aromatic heterocycles. The maximum atomic E-state index is 12.4. The third-order valence-electron chi connectivity index (χ3n) is 4.39. The molecule has 0 saturated carbocycles. The number of rotatable bonds is 3. The van der Waals surface area contributed by atoms with Crippen molar-refractivity contribution in [2.24, 2.45) is 5.41 Å². The van der Waals surface area contributed by atoms with Gasteiger partial charge in [-0.1, -0.05) is 0 Å². The third kappa shape index (κ3) is 3.49. The summed E-state index contributed by atoms with van der Waals surface area (Å²) >= 11 is 0. The highest BCUT2D eigenvalue weighted by atomic mass is 16.2. The molecule has 2 aliphatic heterocycles. The van der Waals surface area contributed by atoms with Crippen molar-refractivity contribution in [1.82, 2.24) is 20.4 Å². The van der Waals surface area contributed by atoms with Gasteiger partial charge in [0.05, 0.1) is 12.0 Å². The predicted molar refractivity (Wildman–Crippen MR) is 77.3 cm³/mol. The first-order valence-electron chi connectivity index (χ1n) is 7.48. The van der Waals surface area contributed by atoms with E-state index in [-0.39, 0.29) is 11.8 Å². The van der Waals surface area contributed by atoms with Crippen LogP contribution in [0.5, 0.6) is 0 Å². The van der Waals surface area contributed by atoms with Crippen LogP contribution in [0.3, 0.4) is 0 Å². The third-order valence-corrected chi connectivity index (χ3v) is 4.39. The molecule has 2 saturated heterocycles. The fraction of sp³-hybridized carbons (Fsp3) is 0.857. The number of carbonyl (C=O) groups is 2. The standard InChI is InChI=1S/C14H26N4O2/c1-14(13(20)15-2)4-8-18(11-14)12(19)10-17-7-3-5-16-6-9-17/h16H,3-11H2,1-2H3,(H,15,20). The van der Waals surface area contributed by atoms with Crippen molar-refractivity contribution in [1.29, 1.82) is 0 Å². The number of hydrogen-bond acceptors (Lipinski definition) is 4. The summed E-state index contributed by atoms with van der Waals surface area (Å²) in [6.07, 6.45) is 1.84. The van der Waals surface area contributed by atoms with E-state index in [1.54, 1.807) is 7.05 Å². The molecular formula is C14H26N4O2. The first-order chi connectivity index (χ1) is 9.55. The van der Waals surface area contributed by atoms with Crippen molar-refractivity contribution >= 4 is 11.8 Å². The largest absolute Gasteiger partial charge is 0.359 e. The topological polar surface area (TPSA) is 64.7 Å². The van der Waals surface area contributed by atoms with Crippen molar-refractivity contribution in [3.8, 4) is 0 Å². The van der Waals surface area contributed by atoms with E-state index < -0.39 is 5.41 Å². The minimum absolute atomic E-state index is 0.0340. The number of likely N-dealkylation sites (tertiary alicyclic amines) is 1. The lowest BCUT2D eigenvalue weighted by atomic mass is 9.89. The van der Waals surface area contributed by atoms with Gasteiger partial charge in [0.2, 0.25) is 11.8 Å². The van der Waals surface area contributed by atoms with E-state index in [1.807, 2.05) is 11.8 Å². The molecule has 114 valence electrons. The van der Waals surface area contributed by atoms with E-state index in [4.69, 9.17) is 0 Å². The SMILES string of the molecule is CNC(=O)C1(C)CCN(C(=O)CN2CCCNCC2)C1. The van der Waals surface area contributed by atoms with Gasteiger partial charge in [-0.2, -0.15) is 0 Å². The summed E-state index contributed by atoms with van der Waals surface area (Å²) in [5.41, 5.74) is -0.426. The molecule has 2 rings (SSSR count). The fourth-order valence-corrected chi connectivity index (χ4v) is 3.01. The lowest BCUT2D eigenvalue weighted by molar-refractivity contribution is -0.133. The van der Waals surface area contributed by atoms with E-state index in [0.29, 0.717) is 19.6 Å². The summed E-state index contributed by atoms with van der Waals surface area (Å²) in [6, 6.07) is 0. The van der Waals surface area contributed by atoms with Gasteiger partial charge in [0.15, 0.2) is 0 Å². The second-order valence-corrected chi connectivity index (χ2v) is 6.08. The van der Waals surface area contributed by atoms with E-state index in [9.17, 15) is 9.59 Å². The van der Waals surface area contributed by atoms with Gasteiger partial charge in [-0.05, 0) is 32.9 Å². The van der Waals surface area contributed by atoms with Gasteiger partial charge >= 0.3 is 0 Å². The van der Waals surface area contributed by atoms with Gasteiger partial charge in [-0.25, -0.2) is 0 Å². The lowest BCUT2D eigenvalue weighted by Crippen LogP contribution is -2.43. The van der Waals surface area contributed by atoms with Crippen molar-refractivity contribution in [2.75, 3.05) is 52.9 Å². The van der Waals surface area contributed by atoms with Crippen LogP contribution in [-0.4, -0.2) is 74.5 Å². The Hall–Kier alpha value is -1.14. The van der Waals surface area contributed by atoms with Gasteiger partial charge in [-0.15, -0.1) is 0 Å². The zero-order valence-corrected chi connectivity index (χ0v) is 12.6. The highest BCUT2D eigenvalue weighted by Crippen LogP contribution is 2.30. The second kappa shape index (κ2) is 6.54. The summed E-state index contributed by atoms with van der Waals surface area (Å²) in [6.45, 7) is 7.52. The van der Waals surface area contributed by atoms with Gasteiger partial charge in [0.25, 0.3) is 0 Å². The van der Waals surface area contributed by atoms with Crippen LogP contribution in [0.1, 0.15) is 19.8 Å². The summed E-state index contributed by atoms with van der Waals surface area (Å²) in [5.74, 6) is 0.186. The molecule has 20 heavy (non-hydrogen) atoms. The molecule has 2 heterocycles. The Morgan fingerprint density at radius 2 is 2.05 bits per heavy atom. The summed E-state index contributed by atoms with van der Waals surface area (Å²) in [7, 11) is 1.66. The highest BCUT2D eigenvalue weighted by Gasteiger charge is 2.41. The molecule has 2 N–H and O–H groups in total. The van der Waals surface area contributed by atoms with Crippen LogP contribution in [0, 0.1) is 5.41 Å². The second-order valence-electron chi connectivity index (χ2n) is 6.08. The van der Waals surface area contributed by atoms with Crippen molar-refractivity contribution < 1.29 is 9.59 Å². The zero-order chi connectivity index (χ0) is 14.6. The van der Waals surface area contributed by atoms with Crippen LogP contribution in [0.25, 0.3) is 0 Å². The Labute approximate surface area is 120 Å². The lowest BCUT2D eigenvalue weighted by Gasteiger charge is -2.25. The molecule has 0 bridgehead atoms. The minimum atomic E-state index is -0.426. The molecule has 0 aliphatic carbocycles. The smallest absolute Gasteiger partial charge is 0.236 e. The van der Waals surface area contributed by atoms with Crippen LogP contribution in [0.15, 0.2) is 0 Å². The minimum Gasteiger partial charge on any atom is -0.359 e. The van der Waals surface area contributed by atoms with E-state index >= 15 is 0 Å². The van der Waals surface area contributed by atoms with Crippen LogP contribution < -0.4 is 10.6 Å². The Balaban J connectivity index is 1.86. The highest BCUT2D eigenvalue weighted by molar-refractivity contribution is 5.85. The Morgan fingerprint density at radius 3 is 2.80 bits per heavy atom. The first kappa shape index (κ1) is 15.3. The molecule has 0 radical (unpaired) electrons. The van der Waals surface area contributed by atoms with Crippen LogP contribution in [-0.2, 0) is 9.59 Å². The van der Waals surface area contributed by atoms with Gasteiger partial charge in [0.1, 0.15) is 0 Å². The normalized spacial score (nSPS) is 28.2. The molecule has 2 fully saturated rings. The summed E-state index contributed by atoms with van der Waals surface area (Å²) in [4.78, 5) is 28.3. The molecule has 2 amide bonds. The van der Waals surface area contributed by atoms with E-state index in [2.05, 4.69) is 15.5 Å². The monoisotopic (exact) mass is 282 g/mol. The van der Waals surface area contributed by atoms with E-state index in [1.165, 1.54) is 0 Å². The van der Waals surface area contributed by atoms with Crippen molar-refractivity contribution in [3.63, 3.8) is 0 Å². The Bertz CT molecular complexity index is 366. The van der Waals surface area contributed by atoms with Gasteiger partial charge in [0, 0.05) is 33.2 Å². The number of nitrogens with one attached hydrogen (secondary N) is 2. The van der Waals surface area contributed by atoms with Crippen LogP contribution >= 0.6 is 0 Å².